The molecular formula is C17H17N5O5. The molecule has 1 aliphatic rings. The summed E-state index contributed by atoms with van der Waals surface area (Å²) in [6, 6.07) is 8.49. The van der Waals surface area contributed by atoms with E-state index in [4.69, 9.17) is 10.5 Å². The number of rotatable bonds is 4. The smallest absolute Gasteiger partial charge is 0.230 e. The van der Waals surface area contributed by atoms with Gasteiger partial charge in [0.05, 0.1) is 12.9 Å². The van der Waals surface area contributed by atoms with Gasteiger partial charge in [0.25, 0.3) is 0 Å². The van der Waals surface area contributed by atoms with Crippen LogP contribution >= 0.6 is 0 Å². The van der Waals surface area contributed by atoms with Crippen molar-refractivity contribution in [3.63, 3.8) is 0 Å². The summed E-state index contributed by atoms with van der Waals surface area (Å²) in [5.74, 6) is -0.539. The highest BCUT2D eigenvalue weighted by molar-refractivity contribution is 6.07. The summed E-state index contributed by atoms with van der Waals surface area (Å²) in [4.78, 5) is 25.0. The molecule has 0 saturated carbocycles. The number of anilines is 1. The van der Waals surface area contributed by atoms with Crippen LogP contribution in [-0.4, -0.2) is 65.5 Å². The molecule has 0 amide bonds. The summed E-state index contributed by atoms with van der Waals surface area (Å²) in [5.41, 5.74) is 6.74. The van der Waals surface area contributed by atoms with Crippen LogP contribution in [0.15, 0.2) is 36.7 Å². The summed E-state index contributed by atoms with van der Waals surface area (Å²) < 4.78 is 6.86. The van der Waals surface area contributed by atoms with Crippen LogP contribution in [-0.2, 0) is 4.74 Å². The number of ketones is 1. The van der Waals surface area contributed by atoms with E-state index in [0.717, 1.165) is 0 Å². The Morgan fingerprint density at radius 1 is 1.19 bits per heavy atom. The number of aliphatic hydroxyl groups excluding tert-OH is 3. The summed E-state index contributed by atoms with van der Waals surface area (Å²) in [7, 11) is 0. The number of ether oxygens (including phenoxy) is 1. The normalized spacial score (nSPS) is 25.1. The van der Waals surface area contributed by atoms with E-state index in [1.54, 1.807) is 30.3 Å². The van der Waals surface area contributed by atoms with E-state index >= 15 is 0 Å². The van der Waals surface area contributed by atoms with Gasteiger partial charge in [0, 0.05) is 5.56 Å². The number of imidazole rings is 1. The second-order valence-corrected chi connectivity index (χ2v) is 6.18. The van der Waals surface area contributed by atoms with Gasteiger partial charge in [-0.25, -0.2) is 15.0 Å². The predicted molar refractivity (Wildman–Crippen MR) is 92.6 cm³/mol. The molecule has 4 atom stereocenters. The van der Waals surface area contributed by atoms with Crippen LogP contribution in [0.2, 0.25) is 0 Å². The molecule has 0 unspecified atom stereocenters. The Morgan fingerprint density at radius 2 is 1.93 bits per heavy atom. The lowest BCUT2D eigenvalue weighted by molar-refractivity contribution is -0.0511. The van der Waals surface area contributed by atoms with E-state index in [9.17, 15) is 20.1 Å². The molecule has 140 valence electrons. The van der Waals surface area contributed by atoms with Gasteiger partial charge in [-0.15, -0.1) is 0 Å². The molecule has 10 nitrogen and oxygen atoms in total. The molecule has 0 aliphatic carbocycles. The third-order valence-corrected chi connectivity index (χ3v) is 4.48. The molecule has 3 heterocycles. The first-order valence-corrected chi connectivity index (χ1v) is 8.23. The summed E-state index contributed by atoms with van der Waals surface area (Å²) in [6.45, 7) is -0.462. The van der Waals surface area contributed by atoms with Crippen LogP contribution in [0.5, 0.6) is 0 Å². The number of hydrogen-bond acceptors (Lipinski definition) is 9. The molecule has 2 aromatic heterocycles. The average Bonchev–Trinajstić information content (AvgIpc) is 3.23. The zero-order valence-corrected chi connectivity index (χ0v) is 14.0. The van der Waals surface area contributed by atoms with Gasteiger partial charge in [-0.05, 0) is 0 Å². The zero-order valence-electron chi connectivity index (χ0n) is 14.0. The molecule has 1 fully saturated rings. The fourth-order valence-electron chi connectivity index (χ4n) is 3.05. The molecular weight excluding hydrogens is 354 g/mol. The number of nitrogens with two attached hydrogens (primary N) is 1. The Bertz CT molecular complexity index is 992. The molecule has 4 rings (SSSR count). The van der Waals surface area contributed by atoms with E-state index in [-0.39, 0.29) is 22.8 Å². The molecule has 0 spiro atoms. The highest BCUT2D eigenvalue weighted by Gasteiger charge is 2.44. The Labute approximate surface area is 152 Å². The predicted octanol–water partition coefficient (Wildman–Crippen LogP) is -0.749. The van der Waals surface area contributed by atoms with Crippen LogP contribution in [0.1, 0.15) is 22.4 Å². The summed E-state index contributed by atoms with van der Waals surface area (Å²) >= 11 is 0. The molecule has 3 aromatic rings. The second-order valence-electron chi connectivity index (χ2n) is 6.18. The summed E-state index contributed by atoms with van der Waals surface area (Å²) in [6.07, 6.45) is -3.26. The molecule has 27 heavy (non-hydrogen) atoms. The number of nitrogens with zero attached hydrogens (tertiary/aromatic N) is 4. The largest absolute Gasteiger partial charge is 0.394 e. The lowest BCUT2D eigenvalue weighted by atomic mass is 10.1. The van der Waals surface area contributed by atoms with Crippen LogP contribution in [0, 0.1) is 0 Å². The molecule has 5 N–H and O–H groups in total. The molecule has 1 saturated heterocycles. The topological polar surface area (TPSA) is 157 Å². The second kappa shape index (κ2) is 6.67. The van der Waals surface area contributed by atoms with Gasteiger partial charge in [0.15, 0.2) is 17.7 Å². The zero-order chi connectivity index (χ0) is 19.1. The minimum Gasteiger partial charge on any atom is -0.394 e. The fraction of sp³-hybridized carbons (Fsp3) is 0.294. The number of nitrogen functional groups attached to an aromatic ring is 1. The van der Waals surface area contributed by atoms with Crippen molar-refractivity contribution in [3.8, 4) is 0 Å². The van der Waals surface area contributed by atoms with Crippen molar-refractivity contribution >= 4 is 22.8 Å². The fourth-order valence-corrected chi connectivity index (χ4v) is 3.05. The van der Waals surface area contributed by atoms with Gasteiger partial charge in [-0.1, -0.05) is 30.3 Å². The van der Waals surface area contributed by atoms with Crippen LogP contribution in [0.25, 0.3) is 11.2 Å². The molecule has 10 heteroatoms. The Morgan fingerprint density at radius 3 is 2.59 bits per heavy atom. The highest BCUT2D eigenvalue weighted by Crippen LogP contribution is 2.32. The maximum Gasteiger partial charge on any atom is 0.230 e. The van der Waals surface area contributed by atoms with Gasteiger partial charge in [-0.3, -0.25) is 9.36 Å². The number of hydrogen-bond donors (Lipinski definition) is 4. The van der Waals surface area contributed by atoms with Crippen LogP contribution in [0.4, 0.5) is 5.82 Å². The van der Waals surface area contributed by atoms with Crippen molar-refractivity contribution in [2.45, 2.75) is 24.5 Å². The minimum absolute atomic E-state index is 0.00442. The quantitative estimate of drug-likeness (QED) is 0.433. The van der Waals surface area contributed by atoms with Crippen molar-refractivity contribution in [2.24, 2.45) is 0 Å². The van der Waals surface area contributed by atoms with E-state index in [0.29, 0.717) is 5.56 Å². The molecule has 1 aliphatic heterocycles. The standard InChI is InChI=1S/C17H17N5O5/c18-14-10-16(21-15(20-14)11(24)8-4-2-1-3-5-8)22(7-19-10)17-13(26)12(25)9(6-23)27-17/h1-5,7,9,12-13,17,23,25-26H,6H2,(H2,18,20,21)/t9-,12-,13-,17-/m1/s1. The number of carbonyl (C=O) groups excluding carboxylic acids is 1. The van der Waals surface area contributed by atoms with Gasteiger partial charge in [0.2, 0.25) is 11.6 Å². The number of fused-ring (bicyclic) bond motifs is 1. The van der Waals surface area contributed by atoms with Crippen molar-refractivity contribution in [1.82, 2.24) is 19.5 Å². The van der Waals surface area contributed by atoms with E-state index in [1.807, 2.05) is 0 Å². The van der Waals surface area contributed by atoms with E-state index in [2.05, 4.69) is 15.0 Å². The van der Waals surface area contributed by atoms with Crippen molar-refractivity contribution in [3.05, 3.63) is 48.0 Å². The van der Waals surface area contributed by atoms with Crippen LogP contribution in [0.3, 0.4) is 0 Å². The number of benzene rings is 1. The van der Waals surface area contributed by atoms with E-state index < -0.39 is 36.9 Å². The number of carbonyl (C=O) groups is 1. The Kier molecular flexibility index (Phi) is 4.32. The first-order chi connectivity index (χ1) is 13.0. The first kappa shape index (κ1) is 17.5. The Balaban J connectivity index is 1.78. The molecule has 0 bridgehead atoms. The van der Waals surface area contributed by atoms with Gasteiger partial charge >= 0.3 is 0 Å². The van der Waals surface area contributed by atoms with Gasteiger partial charge in [-0.2, -0.15) is 0 Å². The SMILES string of the molecule is Nc1nc(C(=O)c2ccccc2)nc2c1ncn2[C@@H]1O[C@H](CO)[C@@H](O)[C@H]1O. The lowest BCUT2D eigenvalue weighted by Crippen LogP contribution is -2.33. The van der Waals surface area contributed by atoms with Crippen molar-refractivity contribution in [2.75, 3.05) is 12.3 Å². The minimum atomic E-state index is -1.32. The number of aromatic nitrogens is 4. The maximum absolute atomic E-state index is 12.6. The average molecular weight is 371 g/mol. The van der Waals surface area contributed by atoms with Gasteiger partial charge < -0.3 is 25.8 Å². The van der Waals surface area contributed by atoms with Crippen molar-refractivity contribution < 1.29 is 24.9 Å². The monoisotopic (exact) mass is 371 g/mol. The molecule has 1 aromatic carbocycles. The highest BCUT2D eigenvalue weighted by atomic mass is 16.6. The Hall–Kier alpha value is -2.92. The third-order valence-electron chi connectivity index (χ3n) is 4.48. The van der Waals surface area contributed by atoms with Crippen molar-refractivity contribution in [1.29, 1.82) is 0 Å². The maximum atomic E-state index is 12.6. The van der Waals surface area contributed by atoms with E-state index in [1.165, 1.54) is 10.9 Å². The summed E-state index contributed by atoms with van der Waals surface area (Å²) in [5, 5.41) is 29.5. The number of aliphatic hydroxyl groups is 3. The van der Waals surface area contributed by atoms with Crippen LogP contribution < -0.4 is 5.73 Å². The first-order valence-electron chi connectivity index (χ1n) is 8.23. The molecule has 0 radical (unpaired) electrons. The van der Waals surface area contributed by atoms with Gasteiger partial charge in [0.1, 0.15) is 23.8 Å². The lowest BCUT2D eigenvalue weighted by Gasteiger charge is -2.16. The third kappa shape index (κ3) is 2.84.